The fraction of sp³-hybridized carbons (Fsp3) is 0.381. The van der Waals surface area contributed by atoms with Crippen LogP contribution in [-0.4, -0.2) is 33.2 Å². The number of hydrogen-bond acceptors (Lipinski definition) is 2. The molecule has 0 unspecified atom stereocenters. The van der Waals surface area contributed by atoms with Gasteiger partial charge in [-0.05, 0) is 42.5 Å². The van der Waals surface area contributed by atoms with Crippen LogP contribution in [0.25, 0.3) is 0 Å². The van der Waals surface area contributed by atoms with Crippen LogP contribution in [0.15, 0.2) is 59.6 Å². The Kier molecular flexibility index (Phi) is 5.59. The van der Waals surface area contributed by atoms with Crippen LogP contribution in [0.2, 0.25) is 0 Å². The third-order valence-electron chi connectivity index (χ3n) is 4.90. The highest BCUT2D eigenvalue weighted by Gasteiger charge is 2.43. The second kappa shape index (κ2) is 8.06. The molecule has 0 amide bonds. The number of hydrogen-bond donors (Lipinski definition) is 2. The zero-order valence-electron chi connectivity index (χ0n) is 15.1. The Hall–Kier alpha value is -2.49. The molecule has 4 nitrogen and oxygen atoms in total. The minimum atomic E-state index is 0.283. The average molecular weight is 337 g/mol. The van der Waals surface area contributed by atoms with Crippen LogP contribution in [0.1, 0.15) is 24.0 Å². The highest BCUT2D eigenvalue weighted by molar-refractivity contribution is 5.79. The van der Waals surface area contributed by atoms with E-state index in [1.807, 2.05) is 19.2 Å². The maximum atomic E-state index is 5.27. The lowest BCUT2D eigenvalue weighted by Gasteiger charge is -2.19. The molecule has 0 radical (unpaired) electrons. The van der Waals surface area contributed by atoms with Crippen LogP contribution in [0, 0.1) is 0 Å². The number of nitrogens with one attached hydrogen (secondary N) is 2. The molecule has 1 saturated carbocycles. The van der Waals surface area contributed by atoms with E-state index in [1.54, 1.807) is 7.11 Å². The van der Waals surface area contributed by atoms with Crippen LogP contribution < -0.4 is 15.4 Å². The standard InChI is InChI=1S/C21H27N3O/c1-22-20(23-14-11-17-7-6-10-19(15-17)25-2)24-16-21(12-13-21)18-8-4-3-5-9-18/h3-10,15H,11-14,16H2,1-2H3,(H2,22,23,24). The molecule has 0 aliphatic heterocycles. The maximum absolute atomic E-state index is 5.27. The molecule has 4 heteroatoms. The van der Waals surface area contributed by atoms with Gasteiger partial charge in [-0.2, -0.15) is 0 Å². The van der Waals surface area contributed by atoms with E-state index in [2.05, 4.69) is 58.1 Å². The molecular formula is C21H27N3O. The van der Waals surface area contributed by atoms with Crippen LogP contribution >= 0.6 is 0 Å². The van der Waals surface area contributed by atoms with Gasteiger partial charge < -0.3 is 15.4 Å². The van der Waals surface area contributed by atoms with Gasteiger partial charge in [0.1, 0.15) is 5.75 Å². The van der Waals surface area contributed by atoms with Gasteiger partial charge in [0.15, 0.2) is 5.96 Å². The van der Waals surface area contributed by atoms with Crippen LogP contribution in [-0.2, 0) is 11.8 Å². The van der Waals surface area contributed by atoms with Gasteiger partial charge in [0, 0.05) is 25.6 Å². The fourth-order valence-electron chi connectivity index (χ4n) is 3.14. The van der Waals surface area contributed by atoms with Crippen molar-refractivity contribution in [2.75, 3.05) is 27.2 Å². The van der Waals surface area contributed by atoms with Gasteiger partial charge in [-0.25, -0.2) is 0 Å². The molecule has 1 fully saturated rings. The Morgan fingerprint density at radius 3 is 2.56 bits per heavy atom. The normalized spacial score (nSPS) is 15.5. The summed E-state index contributed by atoms with van der Waals surface area (Å²) >= 11 is 0. The first-order valence-corrected chi connectivity index (χ1v) is 8.89. The predicted molar refractivity (Wildman–Crippen MR) is 103 cm³/mol. The monoisotopic (exact) mass is 337 g/mol. The zero-order valence-corrected chi connectivity index (χ0v) is 15.1. The molecule has 0 heterocycles. The summed E-state index contributed by atoms with van der Waals surface area (Å²) < 4.78 is 5.27. The Labute approximate surface area is 150 Å². The van der Waals surface area contributed by atoms with Gasteiger partial charge >= 0.3 is 0 Å². The minimum absolute atomic E-state index is 0.283. The van der Waals surface area contributed by atoms with Crippen molar-refractivity contribution in [1.29, 1.82) is 0 Å². The summed E-state index contributed by atoms with van der Waals surface area (Å²) in [6, 6.07) is 19.0. The van der Waals surface area contributed by atoms with Crippen molar-refractivity contribution in [2.45, 2.75) is 24.7 Å². The lowest BCUT2D eigenvalue weighted by atomic mass is 9.96. The van der Waals surface area contributed by atoms with Gasteiger partial charge in [0.05, 0.1) is 7.11 Å². The summed E-state index contributed by atoms with van der Waals surface area (Å²) in [6.07, 6.45) is 3.41. The van der Waals surface area contributed by atoms with Crippen molar-refractivity contribution >= 4 is 5.96 Å². The summed E-state index contributed by atoms with van der Waals surface area (Å²) in [4.78, 5) is 4.35. The molecule has 0 aromatic heterocycles. The van der Waals surface area contributed by atoms with Crippen molar-refractivity contribution < 1.29 is 4.74 Å². The highest BCUT2D eigenvalue weighted by Crippen LogP contribution is 2.47. The van der Waals surface area contributed by atoms with Gasteiger partial charge in [-0.15, -0.1) is 0 Å². The van der Waals surface area contributed by atoms with Crippen molar-refractivity contribution in [3.63, 3.8) is 0 Å². The van der Waals surface area contributed by atoms with E-state index in [9.17, 15) is 0 Å². The quantitative estimate of drug-likeness (QED) is 0.603. The zero-order chi connectivity index (χ0) is 17.5. The Morgan fingerprint density at radius 2 is 1.88 bits per heavy atom. The lowest BCUT2D eigenvalue weighted by molar-refractivity contribution is 0.414. The molecule has 2 aromatic rings. The molecular weight excluding hydrogens is 310 g/mol. The number of nitrogens with zero attached hydrogens (tertiary/aromatic N) is 1. The van der Waals surface area contributed by atoms with Gasteiger partial charge in [0.2, 0.25) is 0 Å². The van der Waals surface area contributed by atoms with Crippen LogP contribution in [0.5, 0.6) is 5.75 Å². The molecule has 0 spiro atoms. The smallest absolute Gasteiger partial charge is 0.191 e. The SMILES string of the molecule is CN=C(NCCc1cccc(OC)c1)NCC1(c2ccccc2)CC1. The summed E-state index contributed by atoms with van der Waals surface area (Å²) in [7, 11) is 3.52. The number of ether oxygens (including phenoxy) is 1. The molecule has 0 atom stereocenters. The first-order chi connectivity index (χ1) is 12.3. The molecule has 3 rings (SSSR count). The van der Waals surface area contributed by atoms with Crippen LogP contribution in [0.3, 0.4) is 0 Å². The third-order valence-corrected chi connectivity index (χ3v) is 4.90. The molecule has 0 saturated heterocycles. The van der Waals surface area contributed by atoms with E-state index in [0.717, 1.165) is 31.2 Å². The molecule has 0 bridgehead atoms. The molecule has 1 aliphatic rings. The average Bonchev–Trinajstić information content (AvgIpc) is 3.46. The van der Waals surface area contributed by atoms with E-state index in [0.29, 0.717) is 0 Å². The summed E-state index contributed by atoms with van der Waals surface area (Å²) in [5.41, 5.74) is 2.96. The van der Waals surface area contributed by atoms with Crippen LogP contribution in [0.4, 0.5) is 0 Å². The number of guanidine groups is 1. The molecule has 25 heavy (non-hydrogen) atoms. The predicted octanol–water partition coefficient (Wildman–Crippen LogP) is 3.13. The second-order valence-electron chi connectivity index (χ2n) is 6.60. The van der Waals surface area contributed by atoms with E-state index in [1.165, 1.54) is 24.0 Å². The van der Waals surface area contributed by atoms with Gasteiger partial charge in [-0.3, -0.25) is 4.99 Å². The van der Waals surface area contributed by atoms with E-state index in [4.69, 9.17) is 4.74 Å². The highest BCUT2D eigenvalue weighted by atomic mass is 16.5. The number of methoxy groups -OCH3 is 1. The van der Waals surface area contributed by atoms with Crippen molar-refractivity contribution in [2.24, 2.45) is 4.99 Å². The maximum Gasteiger partial charge on any atom is 0.191 e. The van der Waals surface area contributed by atoms with Gasteiger partial charge in [-0.1, -0.05) is 42.5 Å². The minimum Gasteiger partial charge on any atom is -0.497 e. The van der Waals surface area contributed by atoms with Crippen molar-refractivity contribution in [1.82, 2.24) is 10.6 Å². The van der Waals surface area contributed by atoms with E-state index in [-0.39, 0.29) is 5.41 Å². The summed E-state index contributed by atoms with van der Waals surface area (Å²) in [5, 5.41) is 6.90. The van der Waals surface area contributed by atoms with E-state index < -0.39 is 0 Å². The van der Waals surface area contributed by atoms with Crippen molar-refractivity contribution in [3.05, 3.63) is 65.7 Å². The summed E-state index contributed by atoms with van der Waals surface area (Å²) in [5.74, 6) is 1.77. The van der Waals surface area contributed by atoms with Crippen molar-refractivity contribution in [3.8, 4) is 5.75 Å². The topological polar surface area (TPSA) is 45.7 Å². The number of rotatable bonds is 7. The lowest BCUT2D eigenvalue weighted by Crippen LogP contribution is -2.41. The molecule has 2 N–H and O–H groups in total. The summed E-state index contributed by atoms with van der Waals surface area (Å²) in [6.45, 7) is 1.76. The second-order valence-corrected chi connectivity index (χ2v) is 6.60. The van der Waals surface area contributed by atoms with Gasteiger partial charge in [0.25, 0.3) is 0 Å². The Bertz CT molecular complexity index is 708. The Balaban J connectivity index is 1.47. The first-order valence-electron chi connectivity index (χ1n) is 8.89. The molecule has 2 aromatic carbocycles. The molecule has 1 aliphatic carbocycles. The first kappa shape index (κ1) is 17.3. The number of benzene rings is 2. The third kappa shape index (κ3) is 4.53. The molecule has 132 valence electrons. The Morgan fingerprint density at radius 1 is 1.08 bits per heavy atom. The number of aliphatic imine (C=N–C) groups is 1. The fourth-order valence-corrected chi connectivity index (χ4v) is 3.14. The van der Waals surface area contributed by atoms with E-state index >= 15 is 0 Å². The largest absolute Gasteiger partial charge is 0.497 e.